The molecule has 0 fully saturated rings. The molecule has 0 aliphatic rings. The average molecular weight is 419 g/mol. The first kappa shape index (κ1) is 15.7. The minimum absolute atomic E-state index is 0.325. The summed E-state index contributed by atoms with van der Waals surface area (Å²) in [4.78, 5) is 11.7. The van der Waals surface area contributed by atoms with Crippen LogP contribution < -0.4 is 0 Å². The first-order valence-electron chi connectivity index (χ1n) is 5.86. The first-order valence-corrected chi connectivity index (χ1v) is 7.95. The molecule has 0 amide bonds. The molecule has 0 spiro atoms. The number of carbonyl (C=O) groups excluding carboxylic acids is 1. The molecule has 2 rings (SSSR count). The van der Waals surface area contributed by atoms with Gasteiger partial charge in [-0.25, -0.2) is 0 Å². The molecule has 2 atom stereocenters. The van der Waals surface area contributed by atoms with Crippen molar-refractivity contribution < 1.29 is 9.90 Å². The predicted octanol–water partition coefficient (Wildman–Crippen LogP) is 4.78. The molecule has 0 radical (unpaired) electrons. The second-order valence-electron chi connectivity index (χ2n) is 4.27. The van der Waals surface area contributed by atoms with E-state index in [0.29, 0.717) is 10.6 Å². The molecule has 0 aliphatic heterocycles. The second kappa shape index (κ2) is 6.85. The number of hydrogen-bond donors (Lipinski definition) is 1. The standard InChI is InChI=1S/C15H11Br2ClO2/c16-11-5-1-10(2-6-11)14(19)15(20)13(17)9-3-7-12(18)8-4-9/h1-8,13,15,20H/t13-,15+/m1/s1. The highest BCUT2D eigenvalue weighted by molar-refractivity contribution is 9.10. The lowest BCUT2D eigenvalue weighted by Gasteiger charge is -2.17. The van der Waals surface area contributed by atoms with E-state index in [0.717, 1.165) is 10.0 Å². The molecule has 104 valence electrons. The van der Waals surface area contributed by atoms with E-state index in [1.54, 1.807) is 48.5 Å². The van der Waals surface area contributed by atoms with E-state index >= 15 is 0 Å². The Bertz CT molecular complexity index is 596. The van der Waals surface area contributed by atoms with Crippen molar-refractivity contribution in [3.63, 3.8) is 0 Å². The van der Waals surface area contributed by atoms with E-state index in [9.17, 15) is 9.90 Å². The molecule has 0 unspecified atom stereocenters. The number of benzene rings is 2. The summed E-state index contributed by atoms with van der Waals surface area (Å²) in [6.07, 6.45) is -1.16. The number of halogens is 3. The maximum atomic E-state index is 12.2. The molecule has 0 bridgehead atoms. The Balaban J connectivity index is 2.17. The number of ketones is 1. The van der Waals surface area contributed by atoms with Crippen LogP contribution in [0, 0.1) is 0 Å². The Morgan fingerprint density at radius 2 is 1.60 bits per heavy atom. The van der Waals surface area contributed by atoms with Crippen molar-refractivity contribution in [3.05, 3.63) is 69.2 Å². The Morgan fingerprint density at radius 3 is 2.15 bits per heavy atom. The Labute approximate surface area is 139 Å². The van der Waals surface area contributed by atoms with E-state index in [-0.39, 0.29) is 5.78 Å². The fraction of sp³-hybridized carbons (Fsp3) is 0.133. The van der Waals surface area contributed by atoms with Crippen LogP contribution >= 0.6 is 43.5 Å². The third kappa shape index (κ3) is 3.70. The Kier molecular flexibility index (Phi) is 5.38. The maximum Gasteiger partial charge on any atom is 0.192 e. The first-order chi connectivity index (χ1) is 9.49. The molecule has 2 nitrogen and oxygen atoms in total. The van der Waals surface area contributed by atoms with Gasteiger partial charge in [0.2, 0.25) is 0 Å². The number of rotatable bonds is 4. The fourth-order valence-electron chi connectivity index (χ4n) is 1.75. The van der Waals surface area contributed by atoms with Crippen molar-refractivity contribution in [1.82, 2.24) is 0 Å². The van der Waals surface area contributed by atoms with Gasteiger partial charge in [0, 0.05) is 15.1 Å². The molecule has 0 saturated heterocycles. The molecule has 20 heavy (non-hydrogen) atoms. The number of aliphatic hydroxyl groups is 1. The van der Waals surface area contributed by atoms with Gasteiger partial charge in [0.15, 0.2) is 5.78 Å². The number of aliphatic hydroxyl groups excluding tert-OH is 1. The zero-order valence-corrected chi connectivity index (χ0v) is 14.2. The van der Waals surface area contributed by atoms with Crippen molar-refractivity contribution in [2.75, 3.05) is 0 Å². The quantitative estimate of drug-likeness (QED) is 0.573. The zero-order valence-electron chi connectivity index (χ0n) is 10.3. The van der Waals surface area contributed by atoms with Crippen LogP contribution in [0.2, 0.25) is 5.02 Å². The smallest absolute Gasteiger partial charge is 0.192 e. The van der Waals surface area contributed by atoms with Gasteiger partial charge in [-0.3, -0.25) is 4.79 Å². The minimum Gasteiger partial charge on any atom is -0.383 e. The third-order valence-electron chi connectivity index (χ3n) is 2.86. The lowest BCUT2D eigenvalue weighted by Crippen LogP contribution is -2.25. The van der Waals surface area contributed by atoms with E-state index < -0.39 is 10.9 Å². The van der Waals surface area contributed by atoms with Gasteiger partial charge in [0.1, 0.15) is 6.10 Å². The topological polar surface area (TPSA) is 37.3 Å². The highest BCUT2D eigenvalue weighted by atomic mass is 79.9. The van der Waals surface area contributed by atoms with Crippen LogP contribution in [0.4, 0.5) is 0 Å². The van der Waals surface area contributed by atoms with E-state index in [1.165, 1.54) is 0 Å². The van der Waals surface area contributed by atoms with Gasteiger partial charge in [-0.2, -0.15) is 0 Å². The van der Waals surface area contributed by atoms with Gasteiger partial charge in [0.05, 0.1) is 4.83 Å². The fourth-order valence-corrected chi connectivity index (χ4v) is 2.68. The Hall–Kier alpha value is -0.680. The minimum atomic E-state index is -1.16. The van der Waals surface area contributed by atoms with Gasteiger partial charge in [0.25, 0.3) is 0 Å². The summed E-state index contributed by atoms with van der Waals surface area (Å²) in [5.41, 5.74) is 1.27. The lowest BCUT2D eigenvalue weighted by atomic mass is 10.00. The maximum absolute atomic E-state index is 12.2. The summed E-state index contributed by atoms with van der Waals surface area (Å²) in [5, 5.41) is 10.8. The van der Waals surface area contributed by atoms with Gasteiger partial charge in [-0.1, -0.05) is 67.7 Å². The largest absolute Gasteiger partial charge is 0.383 e. The van der Waals surface area contributed by atoms with Crippen molar-refractivity contribution in [2.24, 2.45) is 0 Å². The SMILES string of the molecule is O=C(c1ccc(Br)cc1)[C@@H](O)[C@H](Br)c1ccc(Cl)cc1. The molecular weight excluding hydrogens is 407 g/mol. The van der Waals surface area contributed by atoms with Crippen LogP contribution in [0.5, 0.6) is 0 Å². The van der Waals surface area contributed by atoms with Crippen LogP contribution in [0.3, 0.4) is 0 Å². The van der Waals surface area contributed by atoms with E-state index in [1.807, 2.05) is 0 Å². The molecule has 0 aliphatic carbocycles. The van der Waals surface area contributed by atoms with Crippen molar-refractivity contribution in [1.29, 1.82) is 0 Å². The van der Waals surface area contributed by atoms with Crippen LogP contribution in [-0.4, -0.2) is 17.0 Å². The van der Waals surface area contributed by atoms with Crippen LogP contribution in [0.1, 0.15) is 20.7 Å². The van der Waals surface area contributed by atoms with Crippen molar-refractivity contribution in [2.45, 2.75) is 10.9 Å². The van der Waals surface area contributed by atoms with Gasteiger partial charge >= 0.3 is 0 Å². The molecule has 0 saturated carbocycles. The van der Waals surface area contributed by atoms with Gasteiger partial charge in [-0.15, -0.1) is 0 Å². The average Bonchev–Trinajstić information content (AvgIpc) is 2.46. The molecule has 2 aromatic carbocycles. The highest BCUT2D eigenvalue weighted by Gasteiger charge is 2.26. The molecule has 0 heterocycles. The van der Waals surface area contributed by atoms with E-state index in [2.05, 4.69) is 31.9 Å². The molecule has 5 heteroatoms. The van der Waals surface area contributed by atoms with Gasteiger partial charge in [-0.05, 0) is 29.8 Å². The summed E-state index contributed by atoms with van der Waals surface area (Å²) in [6.45, 7) is 0. The van der Waals surface area contributed by atoms with Crippen LogP contribution in [0.25, 0.3) is 0 Å². The predicted molar refractivity (Wildman–Crippen MR) is 87.6 cm³/mol. The normalized spacial score (nSPS) is 13.8. The number of alkyl halides is 1. The Morgan fingerprint density at radius 1 is 1.05 bits per heavy atom. The molecule has 0 aromatic heterocycles. The molecule has 1 N–H and O–H groups in total. The van der Waals surface area contributed by atoms with Crippen molar-refractivity contribution in [3.8, 4) is 0 Å². The number of carbonyl (C=O) groups is 1. The van der Waals surface area contributed by atoms with Crippen LogP contribution in [-0.2, 0) is 0 Å². The highest BCUT2D eigenvalue weighted by Crippen LogP contribution is 2.29. The summed E-state index contributed by atoms with van der Waals surface area (Å²) >= 11 is 12.5. The molecular formula is C15H11Br2ClO2. The van der Waals surface area contributed by atoms with E-state index in [4.69, 9.17) is 11.6 Å². The summed E-state index contributed by atoms with van der Waals surface area (Å²) in [6, 6.07) is 13.9. The monoisotopic (exact) mass is 416 g/mol. The van der Waals surface area contributed by atoms with Crippen LogP contribution in [0.15, 0.2) is 53.0 Å². The summed E-state index contributed by atoms with van der Waals surface area (Å²) in [7, 11) is 0. The second-order valence-corrected chi connectivity index (χ2v) is 6.61. The number of hydrogen-bond acceptors (Lipinski definition) is 2. The zero-order chi connectivity index (χ0) is 14.7. The van der Waals surface area contributed by atoms with Crippen molar-refractivity contribution >= 4 is 49.2 Å². The lowest BCUT2D eigenvalue weighted by molar-refractivity contribution is 0.0746. The summed E-state index contributed by atoms with van der Waals surface area (Å²) in [5.74, 6) is -0.325. The third-order valence-corrected chi connectivity index (χ3v) is 4.67. The summed E-state index contributed by atoms with van der Waals surface area (Å²) < 4.78 is 0.886. The number of Topliss-reactive ketones (excluding diaryl/α,β-unsaturated/α-hetero) is 1. The van der Waals surface area contributed by atoms with Gasteiger partial charge < -0.3 is 5.11 Å². The molecule has 2 aromatic rings.